The normalized spacial score (nSPS) is 22.7. The standard InChI is InChI=1S/C10H13NO2/c11-9(10-6-13-10)5-7-1-3-8(12)4-2-7/h1-4,9-10,12H,5-6,11H2. The fourth-order valence-electron chi connectivity index (χ4n) is 1.34. The molecule has 1 aliphatic heterocycles. The van der Waals surface area contributed by atoms with E-state index in [0.717, 1.165) is 18.6 Å². The number of nitrogens with two attached hydrogens (primary N) is 1. The average molecular weight is 179 g/mol. The highest BCUT2D eigenvalue weighted by Crippen LogP contribution is 2.17. The van der Waals surface area contributed by atoms with Crippen molar-refractivity contribution in [2.24, 2.45) is 5.73 Å². The molecule has 0 amide bonds. The number of aromatic hydroxyl groups is 1. The van der Waals surface area contributed by atoms with Crippen LogP contribution < -0.4 is 5.73 Å². The summed E-state index contributed by atoms with van der Waals surface area (Å²) in [5.74, 6) is 0.292. The zero-order chi connectivity index (χ0) is 9.26. The van der Waals surface area contributed by atoms with E-state index in [2.05, 4.69) is 0 Å². The molecule has 1 aromatic carbocycles. The zero-order valence-electron chi connectivity index (χ0n) is 7.31. The molecule has 2 unspecified atom stereocenters. The van der Waals surface area contributed by atoms with Crippen molar-refractivity contribution in [2.45, 2.75) is 18.6 Å². The van der Waals surface area contributed by atoms with Crippen LogP contribution in [0.15, 0.2) is 24.3 Å². The number of hydrogen-bond acceptors (Lipinski definition) is 3. The van der Waals surface area contributed by atoms with Gasteiger partial charge in [-0.05, 0) is 24.1 Å². The Morgan fingerprint density at radius 3 is 2.62 bits per heavy atom. The summed E-state index contributed by atoms with van der Waals surface area (Å²) in [6.07, 6.45) is 1.05. The van der Waals surface area contributed by atoms with Gasteiger partial charge in [-0.1, -0.05) is 12.1 Å². The fourth-order valence-corrected chi connectivity index (χ4v) is 1.34. The van der Waals surface area contributed by atoms with Gasteiger partial charge in [-0.3, -0.25) is 0 Å². The monoisotopic (exact) mass is 179 g/mol. The van der Waals surface area contributed by atoms with E-state index >= 15 is 0 Å². The van der Waals surface area contributed by atoms with E-state index < -0.39 is 0 Å². The Morgan fingerprint density at radius 1 is 1.46 bits per heavy atom. The van der Waals surface area contributed by atoms with Crippen LogP contribution in [0.1, 0.15) is 5.56 Å². The van der Waals surface area contributed by atoms with Crippen molar-refractivity contribution in [3.05, 3.63) is 29.8 Å². The van der Waals surface area contributed by atoms with Gasteiger partial charge in [0.2, 0.25) is 0 Å². The number of benzene rings is 1. The Kier molecular flexibility index (Phi) is 2.20. The van der Waals surface area contributed by atoms with Crippen molar-refractivity contribution in [3.8, 4) is 5.75 Å². The molecule has 2 rings (SSSR count). The van der Waals surface area contributed by atoms with E-state index in [9.17, 15) is 0 Å². The van der Waals surface area contributed by atoms with Gasteiger partial charge in [0.05, 0.1) is 12.7 Å². The summed E-state index contributed by atoms with van der Waals surface area (Å²) >= 11 is 0. The Labute approximate surface area is 77.1 Å². The van der Waals surface area contributed by atoms with Crippen molar-refractivity contribution in [1.29, 1.82) is 0 Å². The van der Waals surface area contributed by atoms with Crippen molar-refractivity contribution < 1.29 is 9.84 Å². The summed E-state index contributed by atoms with van der Waals surface area (Å²) in [6.45, 7) is 0.791. The van der Waals surface area contributed by atoms with Crippen LogP contribution in [0.4, 0.5) is 0 Å². The third-order valence-corrected chi connectivity index (χ3v) is 2.24. The largest absolute Gasteiger partial charge is 0.508 e. The van der Waals surface area contributed by atoms with E-state index in [-0.39, 0.29) is 12.1 Å². The maximum atomic E-state index is 9.06. The molecule has 1 saturated heterocycles. The molecule has 70 valence electrons. The lowest BCUT2D eigenvalue weighted by atomic mass is 10.0. The van der Waals surface area contributed by atoms with E-state index in [1.54, 1.807) is 12.1 Å². The van der Waals surface area contributed by atoms with Crippen LogP contribution in [-0.2, 0) is 11.2 Å². The molecule has 0 aromatic heterocycles. The first-order chi connectivity index (χ1) is 6.25. The molecule has 0 radical (unpaired) electrons. The fraction of sp³-hybridized carbons (Fsp3) is 0.400. The maximum Gasteiger partial charge on any atom is 0.115 e. The van der Waals surface area contributed by atoms with E-state index in [0.29, 0.717) is 5.75 Å². The van der Waals surface area contributed by atoms with Gasteiger partial charge in [0.1, 0.15) is 5.75 Å². The molecule has 1 aliphatic rings. The molecule has 0 spiro atoms. The van der Waals surface area contributed by atoms with Crippen LogP contribution in [0.25, 0.3) is 0 Å². The first-order valence-corrected chi connectivity index (χ1v) is 4.41. The van der Waals surface area contributed by atoms with Crippen LogP contribution in [0.3, 0.4) is 0 Å². The molecule has 0 saturated carbocycles. The quantitative estimate of drug-likeness (QED) is 0.670. The van der Waals surface area contributed by atoms with E-state index in [1.165, 1.54) is 0 Å². The summed E-state index contributed by atoms with van der Waals surface area (Å²) in [5.41, 5.74) is 7.00. The first kappa shape index (κ1) is 8.53. The minimum Gasteiger partial charge on any atom is -0.508 e. The van der Waals surface area contributed by atoms with Crippen LogP contribution in [-0.4, -0.2) is 23.9 Å². The molecule has 3 heteroatoms. The van der Waals surface area contributed by atoms with Crippen molar-refractivity contribution >= 4 is 0 Å². The van der Waals surface area contributed by atoms with Crippen LogP contribution in [0.5, 0.6) is 5.75 Å². The summed E-state index contributed by atoms with van der Waals surface area (Å²) in [6, 6.07) is 7.21. The third-order valence-electron chi connectivity index (χ3n) is 2.24. The van der Waals surface area contributed by atoms with E-state index in [1.807, 2.05) is 12.1 Å². The summed E-state index contributed by atoms with van der Waals surface area (Å²) in [4.78, 5) is 0. The third kappa shape index (κ3) is 2.20. The maximum absolute atomic E-state index is 9.06. The Hall–Kier alpha value is -1.06. The molecule has 0 bridgehead atoms. The second-order valence-corrected chi connectivity index (χ2v) is 3.41. The lowest BCUT2D eigenvalue weighted by Gasteiger charge is -2.07. The van der Waals surface area contributed by atoms with Crippen molar-refractivity contribution in [3.63, 3.8) is 0 Å². The molecular weight excluding hydrogens is 166 g/mol. The lowest BCUT2D eigenvalue weighted by Crippen LogP contribution is -2.28. The molecule has 3 N–H and O–H groups in total. The number of rotatable bonds is 3. The first-order valence-electron chi connectivity index (χ1n) is 4.41. The van der Waals surface area contributed by atoms with Gasteiger partial charge >= 0.3 is 0 Å². The Balaban J connectivity index is 1.96. The van der Waals surface area contributed by atoms with E-state index in [4.69, 9.17) is 15.6 Å². The highest BCUT2D eigenvalue weighted by Gasteiger charge is 2.29. The topological polar surface area (TPSA) is 58.8 Å². The van der Waals surface area contributed by atoms with Crippen molar-refractivity contribution in [2.75, 3.05) is 6.61 Å². The minimum atomic E-state index is 0.0875. The molecular formula is C10H13NO2. The number of phenolic OH excluding ortho intramolecular Hbond substituents is 1. The second kappa shape index (κ2) is 3.36. The Bertz CT molecular complexity index is 279. The highest BCUT2D eigenvalue weighted by molar-refractivity contribution is 5.26. The summed E-state index contributed by atoms with van der Waals surface area (Å²) < 4.78 is 5.09. The van der Waals surface area contributed by atoms with Gasteiger partial charge in [0.25, 0.3) is 0 Å². The molecule has 13 heavy (non-hydrogen) atoms. The van der Waals surface area contributed by atoms with Gasteiger partial charge in [-0.15, -0.1) is 0 Å². The molecule has 1 heterocycles. The highest BCUT2D eigenvalue weighted by atomic mass is 16.6. The second-order valence-electron chi connectivity index (χ2n) is 3.41. The van der Waals surface area contributed by atoms with Gasteiger partial charge in [0, 0.05) is 6.04 Å². The molecule has 3 nitrogen and oxygen atoms in total. The summed E-state index contributed by atoms with van der Waals surface area (Å²) in [5, 5.41) is 9.06. The molecule has 1 fully saturated rings. The number of epoxide rings is 1. The predicted octanol–water partition coefficient (Wildman–Crippen LogP) is 0.661. The van der Waals surface area contributed by atoms with Crippen molar-refractivity contribution in [1.82, 2.24) is 0 Å². The minimum absolute atomic E-state index is 0.0875. The van der Waals surface area contributed by atoms with Crippen LogP contribution >= 0.6 is 0 Å². The number of ether oxygens (including phenoxy) is 1. The number of phenols is 1. The molecule has 2 atom stereocenters. The van der Waals surface area contributed by atoms with Gasteiger partial charge in [-0.2, -0.15) is 0 Å². The average Bonchev–Trinajstić information content (AvgIpc) is 2.91. The Morgan fingerprint density at radius 2 is 2.08 bits per heavy atom. The van der Waals surface area contributed by atoms with Gasteiger partial charge < -0.3 is 15.6 Å². The van der Waals surface area contributed by atoms with Crippen LogP contribution in [0, 0.1) is 0 Å². The number of hydrogen-bond donors (Lipinski definition) is 2. The van der Waals surface area contributed by atoms with Gasteiger partial charge in [0.15, 0.2) is 0 Å². The van der Waals surface area contributed by atoms with Crippen LogP contribution in [0.2, 0.25) is 0 Å². The molecule has 0 aliphatic carbocycles. The summed E-state index contributed by atoms with van der Waals surface area (Å²) in [7, 11) is 0. The molecule has 1 aromatic rings. The lowest BCUT2D eigenvalue weighted by molar-refractivity contribution is 0.371. The SMILES string of the molecule is NC(Cc1ccc(O)cc1)C1CO1. The zero-order valence-corrected chi connectivity index (χ0v) is 7.31. The predicted molar refractivity (Wildman–Crippen MR) is 49.5 cm³/mol. The smallest absolute Gasteiger partial charge is 0.115 e. The van der Waals surface area contributed by atoms with Gasteiger partial charge in [-0.25, -0.2) is 0 Å².